The van der Waals surface area contributed by atoms with Crippen molar-refractivity contribution in [1.82, 2.24) is 10.2 Å². The van der Waals surface area contributed by atoms with E-state index in [0.717, 1.165) is 45.2 Å². The summed E-state index contributed by atoms with van der Waals surface area (Å²) in [5.74, 6) is 0.342. The number of carbonyl (C=O) groups is 1. The fraction of sp³-hybridized carbons (Fsp3) is 0.812. The molecule has 0 aromatic rings. The molecular formula is C16H26N2O3S. The van der Waals surface area contributed by atoms with Gasteiger partial charge in [-0.25, -0.2) is 8.42 Å². The van der Waals surface area contributed by atoms with E-state index in [9.17, 15) is 13.2 Å². The molecule has 0 bridgehead atoms. The van der Waals surface area contributed by atoms with Crippen molar-refractivity contribution in [3.63, 3.8) is 0 Å². The van der Waals surface area contributed by atoms with E-state index in [4.69, 9.17) is 0 Å². The first kappa shape index (κ1) is 16.0. The Morgan fingerprint density at radius 2 is 1.86 bits per heavy atom. The summed E-state index contributed by atoms with van der Waals surface area (Å²) in [5, 5.41) is 3.06. The molecule has 2 heterocycles. The fourth-order valence-corrected chi connectivity index (χ4v) is 5.86. The fourth-order valence-electron chi connectivity index (χ4n) is 3.91. The van der Waals surface area contributed by atoms with Gasteiger partial charge in [-0.2, -0.15) is 0 Å². The minimum atomic E-state index is -3.04. The van der Waals surface area contributed by atoms with Crippen LogP contribution in [0.3, 0.4) is 0 Å². The van der Waals surface area contributed by atoms with Crippen molar-refractivity contribution in [2.24, 2.45) is 5.92 Å². The number of sulfone groups is 1. The van der Waals surface area contributed by atoms with E-state index >= 15 is 0 Å². The molecule has 2 fully saturated rings. The van der Waals surface area contributed by atoms with Crippen LogP contribution in [0, 0.1) is 5.92 Å². The number of hydrogen-bond acceptors (Lipinski definition) is 4. The Balaban J connectivity index is 1.66. The highest BCUT2D eigenvalue weighted by molar-refractivity contribution is 7.91. The Kier molecular flexibility index (Phi) is 4.88. The van der Waals surface area contributed by atoms with E-state index in [1.165, 1.54) is 6.42 Å². The molecule has 3 aliphatic rings. The monoisotopic (exact) mass is 326 g/mol. The molecule has 124 valence electrons. The third-order valence-electron chi connectivity index (χ3n) is 5.15. The van der Waals surface area contributed by atoms with E-state index in [-0.39, 0.29) is 35.4 Å². The van der Waals surface area contributed by atoms with Crippen molar-refractivity contribution < 1.29 is 13.2 Å². The second-order valence-electron chi connectivity index (χ2n) is 6.84. The van der Waals surface area contributed by atoms with Crippen molar-refractivity contribution in [1.29, 1.82) is 0 Å². The summed E-state index contributed by atoms with van der Waals surface area (Å²) in [5.41, 5.74) is 0. The smallest absolute Gasteiger partial charge is 0.223 e. The average molecular weight is 326 g/mol. The lowest BCUT2D eigenvalue weighted by atomic mass is 9.93. The topological polar surface area (TPSA) is 66.5 Å². The number of nitrogens with zero attached hydrogens (tertiary/aromatic N) is 1. The van der Waals surface area contributed by atoms with Crippen LogP contribution in [0.4, 0.5) is 0 Å². The van der Waals surface area contributed by atoms with Crippen LogP contribution in [-0.2, 0) is 14.6 Å². The predicted octanol–water partition coefficient (Wildman–Crippen LogP) is 1.11. The summed E-state index contributed by atoms with van der Waals surface area (Å²) >= 11 is 0. The highest BCUT2D eigenvalue weighted by Gasteiger charge is 2.42. The SMILES string of the molecule is O=C(NC1CS(=O)(=O)CC1N1CCCCC1)C1CC=CCC1. The number of piperidine rings is 1. The van der Waals surface area contributed by atoms with Gasteiger partial charge in [0.2, 0.25) is 5.91 Å². The minimum absolute atomic E-state index is 0.00955. The lowest BCUT2D eigenvalue weighted by Crippen LogP contribution is -2.53. The molecule has 22 heavy (non-hydrogen) atoms. The maximum atomic E-state index is 12.4. The molecular weight excluding hydrogens is 300 g/mol. The van der Waals surface area contributed by atoms with Gasteiger partial charge < -0.3 is 5.32 Å². The van der Waals surface area contributed by atoms with Gasteiger partial charge >= 0.3 is 0 Å². The molecule has 3 atom stereocenters. The summed E-state index contributed by atoms with van der Waals surface area (Å²) in [6, 6.07) is -0.269. The van der Waals surface area contributed by atoms with E-state index in [1.54, 1.807) is 0 Å². The molecule has 0 saturated carbocycles. The number of allylic oxidation sites excluding steroid dienone is 2. The molecule has 0 aromatic heterocycles. The molecule has 3 unspecified atom stereocenters. The van der Waals surface area contributed by atoms with Crippen molar-refractivity contribution >= 4 is 15.7 Å². The lowest BCUT2D eigenvalue weighted by molar-refractivity contribution is -0.126. The first-order chi connectivity index (χ1) is 10.6. The Hall–Kier alpha value is -0.880. The quantitative estimate of drug-likeness (QED) is 0.789. The summed E-state index contributed by atoms with van der Waals surface area (Å²) in [6.07, 6.45) is 10.2. The van der Waals surface area contributed by atoms with Gasteiger partial charge in [0.15, 0.2) is 9.84 Å². The molecule has 3 rings (SSSR count). The van der Waals surface area contributed by atoms with Gasteiger partial charge in [-0.15, -0.1) is 0 Å². The number of amides is 1. The van der Waals surface area contributed by atoms with E-state index < -0.39 is 9.84 Å². The zero-order chi connectivity index (χ0) is 15.6. The summed E-state index contributed by atoms with van der Waals surface area (Å²) in [7, 11) is -3.04. The van der Waals surface area contributed by atoms with Crippen LogP contribution in [0.2, 0.25) is 0 Å². The lowest BCUT2D eigenvalue weighted by Gasteiger charge is -2.35. The van der Waals surface area contributed by atoms with Gasteiger partial charge in [0, 0.05) is 12.0 Å². The largest absolute Gasteiger partial charge is 0.350 e. The van der Waals surface area contributed by atoms with Crippen LogP contribution in [0.1, 0.15) is 38.5 Å². The molecule has 6 heteroatoms. The molecule has 0 radical (unpaired) electrons. The highest BCUT2D eigenvalue weighted by atomic mass is 32.2. The zero-order valence-electron chi connectivity index (χ0n) is 13.0. The molecule has 5 nitrogen and oxygen atoms in total. The van der Waals surface area contributed by atoms with Crippen LogP contribution >= 0.6 is 0 Å². The summed E-state index contributed by atoms with van der Waals surface area (Å²) in [4.78, 5) is 14.7. The number of rotatable bonds is 3. The van der Waals surface area contributed by atoms with Crippen molar-refractivity contribution in [3.8, 4) is 0 Å². The van der Waals surface area contributed by atoms with Crippen LogP contribution in [0.5, 0.6) is 0 Å². The maximum Gasteiger partial charge on any atom is 0.223 e. The van der Waals surface area contributed by atoms with Gasteiger partial charge in [0.1, 0.15) is 0 Å². The average Bonchev–Trinajstić information content (AvgIpc) is 2.83. The molecule has 1 N–H and O–H groups in total. The Morgan fingerprint density at radius 1 is 1.09 bits per heavy atom. The maximum absolute atomic E-state index is 12.4. The van der Waals surface area contributed by atoms with E-state index in [2.05, 4.69) is 22.4 Å². The molecule has 2 saturated heterocycles. The normalized spacial score (nSPS) is 35.4. The first-order valence-corrected chi connectivity index (χ1v) is 10.3. The second-order valence-corrected chi connectivity index (χ2v) is 8.99. The minimum Gasteiger partial charge on any atom is -0.350 e. The second kappa shape index (κ2) is 6.71. The highest BCUT2D eigenvalue weighted by Crippen LogP contribution is 2.24. The third-order valence-corrected chi connectivity index (χ3v) is 6.87. The van der Waals surface area contributed by atoms with Crippen molar-refractivity contribution in [2.75, 3.05) is 24.6 Å². The van der Waals surface area contributed by atoms with Gasteiger partial charge in [0.05, 0.1) is 17.5 Å². The molecule has 1 amide bonds. The van der Waals surface area contributed by atoms with Crippen molar-refractivity contribution in [2.45, 2.75) is 50.6 Å². The summed E-state index contributed by atoms with van der Waals surface area (Å²) < 4.78 is 24.1. The number of hydrogen-bond donors (Lipinski definition) is 1. The number of nitrogens with one attached hydrogen (secondary N) is 1. The molecule has 0 aromatic carbocycles. The molecule has 2 aliphatic heterocycles. The number of carbonyl (C=O) groups excluding carboxylic acids is 1. The predicted molar refractivity (Wildman–Crippen MR) is 86.3 cm³/mol. The first-order valence-electron chi connectivity index (χ1n) is 8.45. The molecule has 0 spiro atoms. The van der Waals surface area contributed by atoms with Crippen LogP contribution in [-0.4, -0.2) is 55.9 Å². The van der Waals surface area contributed by atoms with Crippen LogP contribution in [0.25, 0.3) is 0 Å². The van der Waals surface area contributed by atoms with Crippen molar-refractivity contribution in [3.05, 3.63) is 12.2 Å². The summed E-state index contributed by atoms with van der Waals surface area (Å²) in [6.45, 7) is 1.91. The van der Waals surface area contributed by atoms with Crippen LogP contribution in [0.15, 0.2) is 12.2 Å². The van der Waals surface area contributed by atoms with E-state index in [1.807, 2.05) is 0 Å². The van der Waals surface area contributed by atoms with Gasteiger partial charge in [0.25, 0.3) is 0 Å². The van der Waals surface area contributed by atoms with Gasteiger partial charge in [-0.3, -0.25) is 9.69 Å². The number of likely N-dealkylation sites (tertiary alicyclic amines) is 1. The van der Waals surface area contributed by atoms with Crippen LogP contribution < -0.4 is 5.32 Å². The van der Waals surface area contributed by atoms with Gasteiger partial charge in [-0.1, -0.05) is 18.6 Å². The Labute approximate surface area is 133 Å². The molecule has 1 aliphatic carbocycles. The zero-order valence-corrected chi connectivity index (χ0v) is 13.9. The third kappa shape index (κ3) is 3.71. The standard InChI is InChI=1S/C16H26N2O3S/c19-16(13-7-3-1-4-8-13)17-14-11-22(20,21)12-15(14)18-9-5-2-6-10-18/h1,3,13-15H,2,4-12H2,(H,17,19). The van der Waals surface area contributed by atoms with E-state index in [0.29, 0.717) is 0 Å². The van der Waals surface area contributed by atoms with Gasteiger partial charge in [-0.05, 0) is 45.2 Å². The Bertz CT molecular complexity index is 538. The Morgan fingerprint density at radius 3 is 2.55 bits per heavy atom.